The van der Waals surface area contributed by atoms with Gasteiger partial charge in [-0.3, -0.25) is 4.79 Å². The largest absolute Gasteiger partial charge is 0.477 e. The molecular formula is C16H20N2O5S2. The van der Waals surface area contributed by atoms with Gasteiger partial charge in [0.2, 0.25) is 5.91 Å². The average Bonchev–Trinajstić information content (AvgIpc) is 3.12. The lowest BCUT2D eigenvalue weighted by Crippen LogP contribution is -2.63. The number of amides is 1. The summed E-state index contributed by atoms with van der Waals surface area (Å²) in [6, 6.07) is -0.333. The number of rotatable bonds is 7. The second-order valence-corrected chi connectivity index (χ2v) is 8.65. The predicted molar refractivity (Wildman–Crippen MR) is 93.9 cm³/mol. The monoisotopic (exact) mass is 384 g/mol. The molecule has 5 atom stereocenters. The number of carbonyl (C=O) groups excluding carboxylic acids is 1. The van der Waals surface area contributed by atoms with Crippen molar-refractivity contribution in [3.63, 3.8) is 0 Å². The highest BCUT2D eigenvalue weighted by atomic mass is 32.2. The second kappa shape index (κ2) is 7.06. The Morgan fingerprint density at radius 3 is 2.76 bits per heavy atom. The maximum Gasteiger partial charge on any atom is 0.353 e. The summed E-state index contributed by atoms with van der Waals surface area (Å²) < 4.78 is 0. The zero-order valence-electron chi connectivity index (χ0n) is 13.8. The molecule has 25 heavy (non-hydrogen) atoms. The van der Waals surface area contributed by atoms with Gasteiger partial charge in [-0.2, -0.15) is 0 Å². The lowest BCUT2D eigenvalue weighted by Gasteiger charge is -2.46. The molecular weight excluding hydrogens is 364 g/mol. The highest BCUT2D eigenvalue weighted by molar-refractivity contribution is 8.03. The number of hydrogen-bond acceptors (Lipinski definition) is 7. The quantitative estimate of drug-likeness (QED) is 0.600. The number of hydrogen-bond donors (Lipinski definition) is 3. The van der Waals surface area contributed by atoms with E-state index in [0.717, 1.165) is 5.01 Å². The molecule has 1 aromatic heterocycles. The van der Waals surface area contributed by atoms with Crippen molar-refractivity contribution in [3.8, 4) is 0 Å². The van der Waals surface area contributed by atoms with Gasteiger partial charge in [-0.25, -0.2) is 9.78 Å². The van der Waals surface area contributed by atoms with Gasteiger partial charge >= 0.3 is 5.97 Å². The molecule has 1 aromatic rings. The Bertz CT molecular complexity index is 703. The van der Waals surface area contributed by atoms with Gasteiger partial charge in [-0.15, -0.1) is 23.1 Å². The van der Waals surface area contributed by atoms with E-state index >= 15 is 0 Å². The van der Waals surface area contributed by atoms with Crippen molar-refractivity contribution in [1.82, 2.24) is 9.88 Å². The zero-order valence-corrected chi connectivity index (χ0v) is 15.5. The number of fused-ring (bicyclic) bond motifs is 1. The van der Waals surface area contributed by atoms with Crippen LogP contribution in [-0.4, -0.2) is 61.1 Å². The van der Waals surface area contributed by atoms with Crippen LogP contribution < -0.4 is 0 Å². The highest BCUT2D eigenvalue weighted by Crippen LogP contribution is 2.51. The second-order valence-electron chi connectivity index (χ2n) is 6.32. The number of aliphatic carboxylic acids is 1. The Kier molecular flexibility index (Phi) is 5.19. The van der Waals surface area contributed by atoms with Crippen LogP contribution in [0.5, 0.6) is 0 Å². The van der Waals surface area contributed by atoms with E-state index in [1.165, 1.54) is 28.0 Å². The van der Waals surface area contributed by atoms with Crippen LogP contribution in [0.1, 0.15) is 18.9 Å². The van der Waals surface area contributed by atoms with Crippen LogP contribution in [0.25, 0.3) is 0 Å². The summed E-state index contributed by atoms with van der Waals surface area (Å²) in [7, 11) is 0. The third kappa shape index (κ3) is 3.10. The first-order valence-electron chi connectivity index (χ1n) is 8.01. The number of carboxylic acid groups (broad SMARTS) is 1. The Morgan fingerprint density at radius 1 is 1.52 bits per heavy atom. The summed E-state index contributed by atoms with van der Waals surface area (Å²) >= 11 is 2.78. The van der Waals surface area contributed by atoms with Crippen LogP contribution in [0.3, 0.4) is 0 Å². The molecule has 136 valence electrons. The van der Waals surface area contributed by atoms with E-state index in [0.29, 0.717) is 11.3 Å². The number of carboxylic acids is 1. The molecule has 0 bridgehead atoms. The third-order valence-electron chi connectivity index (χ3n) is 4.69. The molecule has 0 radical (unpaired) electrons. The summed E-state index contributed by atoms with van der Waals surface area (Å²) in [5.41, 5.74) is -0.0120. The van der Waals surface area contributed by atoms with Crippen LogP contribution in [0.2, 0.25) is 0 Å². The van der Waals surface area contributed by atoms with Crippen LogP contribution in [0, 0.1) is 11.8 Å². The molecule has 2 aliphatic rings. The van der Waals surface area contributed by atoms with Crippen molar-refractivity contribution in [3.05, 3.63) is 27.2 Å². The minimum absolute atomic E-state index is 0.0120. The lowest BCUT2D eigenvalue weighted by molar-refractivity contribution is -0.163. The van der Waals surface area contributed by atoms with E-state index in [-0.39, 0.29) is 35.4 Å². The fourth-order valence-electron chi connectivity index (χ4n) is 3.55. The standard InChI is InChI=1S/C16H20N2O5S2/c1-7-12-11(8(2)20)15(21)18(12)13(16(22)23)14(7)25-9(6-19)5-10-17-3-4-24-10/h3-4,7-9,11-12,19-20H,5-6H2,1-2H3,(H,22,23). The molecule has 0 aromatic carbocycles. The Hall–Kier alpha value is -1.42. The lowest BCUT2D eigenvalue weighted by atomic mass is 9.79. The summed E-state index contributed by atoms with van der Waals surface area (Å²) in [6.45, 7) is 3.30. The molecule has 0 aliphatic carbocycles. The number of carbonyl (C=O) groups is 2. The Morgan fingerprint density at radius 2 is 2.24 bits per heavy atom. The molecule has 5 unspecified atom stereocenters. The maximum atomic E-state index is 12.3. The average molecular weight is 384 g/mol. The number of aliphatic hydroxyl groups is 2. The Balaban J connectivity index is 1.85. The molecule has 3 N–H and O–H groups in total. The molecule has 1 fully saturated rings. The van der Waals surface area contributed by atoms with E-state index in [9.17, 15) is 24.9 Å². The molecule has 1 amide bonds. The molecule has 0 spiro atoms. The van der Waals surface area contributed by atoms with Crippen molar-refractivity contribution in [2.24, 2.45) is 11.8 Å². The van der Waals surface area contributed by atoms with Gasteiger partial charge in [0, 0.05) is 34.1 Å². The smallest absolute Gasteiger partial charge is 0.353 e. The van der Waals surface area contributed by atoms with Crippen molar-refractivity contribution in [1.29, 1.82) is 0 Å². The Labute approximate surface area is 153 Å². The van der Waals surface area contributed by atoms with E-state index in [2.05, 4.69) is 4.98 Å². The first kappa shape index (κ1) is 18.4. The third-order valence-corrected chi connectivity index (χ3v) is 6.96. The van der Waals surface area contributed by atoms with Gasteiger partial charge < -0.3 is 20.2 Å². The van der Waals surface area contributed by atoms with E-state index in [4.69, 9.17) is 0 Å². The van der Waals surface area contributed by atoms with Crippen LogP contribution in [-0.2, 0) is 16.0 Å². The number of aromatic nitrogens is 1. The summed E-state index contributed by atoms with van der Waals surface area (Å²) in [5.74, 6) is -2.27. The molecule has 2 aliphatic heterocycles. The van der Waals surface area contributed by atoms with Gasteiger partial charge in [0.05, 0.1) is 29.7 Å². The van der Waals surface area contributed by atoms with Crippen molar-refractivity contribution < 1.29 is 24.9 Å². The summed E-state index contributed by atoms with van der Waals surface area (Å²) in [5, 5.41) is 31.6. The first-order valence-corrected chi connectivity index (χ1v) is 9.77. The predicted octanol–water partition coefficient (Wildman–Crippen LogP) is 0.933. The summed E-state index contributed by atoms with van der Waals surface area (Å²) in [4.78, 5) is 30.1. The van der Waals surface area contributed by atoms with E-state index in [1.54, 1.807) is 13.1 Å². The molecule has 7 nitrogen and oxygen atoms in total. The van der Waals surface area contributed by atoms with E-state index in [1.807, 2.05) is 12.3 Å². The number of thiazole rings is 1. The number of thioether (sulfide) groups is 1. The first-order chi connectivity index (χ1) is 11.9. The molecule has 9 heteroatoms. The van der Waals surface area contributed by atoms with Gasteiger partial charge in [0.1, 0.15) is 5.70 Å². The number of aliphatic hydroxyl groups excluding tert-OH is 2. The maximum absolute atomic E-state index is 12.3. The molecule has 3 heterocycles. The zero-order chi connectivity index (χ0) is 18.3. The van der Waals surface area contributed by atoms with Gasteiger partial charge in [-0.05, 0) is 6.92 Å². The van der Waals surface area contributed by atoms with Crippen LogP contribution >= 0.6 is 23.1 Å². The van der Waals surface area contributed by atoms with Gasteiger partial charge in [-0.1, -0.05) is 6.92 Å². The molecule has 3 rings (SSSR count). The van der Waals surface area contributed by atoms with E-state index < -0.39 is 18.0 Å². The van der Waals surface area contributed by atoms with Crippen LogP contribution in [0.4, 0.5) is 0 Å². The van der Waals surface area contributed by atoms with Crippen LogP contribution in [0.15, 0.2) is 22.2 Å². The molecule has 1 saturated heterocycles. The summed E-state index contributed by atoms with van der Waals surface area (Å²) in [6.07, 6.45) is 1.40. The van der Waals surface area contributed by atoms with Crippen molar-refractivity contribution in [2.75, 3.05) is 6.61 Å². The number of nitrogens with zero attached hydrogens (tertiary/aromatic N) is 2. The van der Waals surface area contributed by atoms with Gasteiger partial charge in [0.25, 0.3) is 0 Å². The van der Waals surface area contributed by atoms with Crippen molar-refractivity contribution >= 4 is 35.0 Å². The number of β-lactam (4-membered cyclic amide) rings is 1. The fourth-order valence-corrected chi connectivity index (χ4v) is 5.68. The minimum atomic E-state index is -1.15. The van der Waals surface area contributed by atoms with Gasteiger partial charge in [0.15, 0.2) is 0 Å². The molecule has 0 saturated carbocycles. The topological polar surface area (TPSA) is 111 Å². The minimum Gasteiger partial charge on any atom is -0.477 e. The normalized spacial score (nSPS) is 27.9. The SMILES string of the molecule is CC(O)C1C(=O)N2C(C(=O)O)=C(SC(CO)Cc3nccs3)C(C)C12. The highest BCUT2D eigenvalue weighted by Gasteiger charge is 2.60. The fraction of sp³-hybridized carbons (Fsp3) is 0.562. The van der Waals surface area contributed by atoms with Crippen molar-refractivity contribution in [2.45, 2.75) is 37.7 Å².